The first-order valence-electron chi connectivity index (χ1n) is 16.7. The van der Waals surface area contributed by atoms with Crippen LogP contribution < -0.4 is 16.0 Å². The summed E-state index contributed by atoms with van der Waals surface area (Å²) in [5.41, 5.74) is 0.423. The number of carbonyl (C=O) groups is 3. The summed E-state index contributed by atoms with van der Waals surface area (Å²) < 4.78 is 34.3. The van der Waals surface area contributed by atoms with Gasteiger partial charge in [-0.2, -0.15) is 0 Å². The molecule has 0 bridgehead atoms. The van der Waals surface area contributed by atoms with Gasteiger partial charge >= 0.3 is 0 Å². The summed E-state index contributed by atoms with van der Waals surface area (Å²) in [6.07, 6.45) is 4.34. The monoisotopic (exact) mass is 640 g/mol. The molecule has 2 aliphatic heterocycles. The van der Waals surface area contributed by atoms with Crippen LogP contribution in [0.25, 0.3) is 0 Å². The summed E-state index contributed by atoms with van der Waals surface area (Å²) >= 11 is 0. The fraction of sp³-hybridized carbons (Fsp3) is 0.583. The van der Waals surface area contributed by atoms with Crippen molar-refractivity contribution in [2.45, 2.75) is 109 Å². The third-order valence-electron chi connectivity index (χ3n) is 8.91. The van der Waals surface area contributed by atoms with E-state index in [2.05, 4.69) is 22.9 Å². The molecule has 2 heterocycles. The van der Waals surface area contributed by atoms with E-state index in [1.54, 1.807) is 4.90 Å². The lowest BCUT2D eigenvalue weighted by Crippen LogP contribution is -2.58. The van der Waals surface area contributed by atoms with Gasteiger partial charge in [-0.15, -0.1) is 0 Å². The molecule has 5 atom stereocenters. The molecular formula is C36H50F2N4O4. The highest BCUT2D eigenvalue weighted by molar-refractivity contribution is 5.96. The fourth-order valence-electron chi connectivity index (χ4n) is 7.08. The molecule has 2 aliphatic rings. The van der Waals surface area contributed by atoms with E-state index in [1.165, 1.54) is 19.1 Å². The van der Waals surface area contributed by atoms with Gasteiger partial charge in [-0.25, -0.2) is 8.78 Å². The second-order valence-electron chi connectivity index (χ2n) is 13.4. The van der Waals surface area contributed by atoms with Crippen LogP contribution in [0, 0.1) is 17.6 Å². The number of likely N-dealkylation sites (tertiary alicyclic amines) is 1. The van der Waals surface area contributed by atoms with Crippen LogP contribution in [0.4, 0.5) is 8.78 Å². The van der Waals surface area contributed by atoms with Crippen molar-refractivity contribution in [3.05, 3.63) is 71.3 Å². The van der Waals surface area contributed by atoms with Crippen LogP contribution >= 0.6 is 0 Å². The average Bonchev–Trinajstić information content (AvgIpc) is 3.55. The molecule has 0 aromatic heterocycles. The SMILES string of the molecule is CCCO[C@H]1CN[C@@H](C[C@H](Cc2cc(F)cc(F)c2)NC(=O)[C@H](CCc2ccccc2)N2CC[C@@](CC(C)C)(NC(C)=O)C2=O)C1. The predicted molar refractivity (Wildman–Crippen MR) is 174 cm³/mol. The first-order valence-corrected chi connectivity index (χ1v) is 16.7. The lowest BCUT2D eigenvalue weighted by Gasteiger charge is -2.34. The zero-order valence-corrected chi connectivity index (χ0v) is 27.6. The van der Waals surface area contributed by atoms with Gasteiger partial charge in [0.25, 0.3) is 0 Å². The third kappa shape index (κ3) is 9.82. The molecule has 2 aromatic rings. The van der Waals surface area contributed by atoms with E-state index in [0.717, 1.165) is 24.5 Å². The highest BCUT2D eigenvalue weighted by atomic mass is 19.1. The Morgan fingerprint density at radius 2 is 1.83 bits per heavy atom. The number of aryl methyl sites for hydroxylation is 1. The standard InChI is InChI=1S/C36H50F2N4O4/c1-5-15-46-32-21-30(39-23-32)20-31(18-27-16-28(37)19-29(38)17-27)40-34(44)33(12-11-26-9-7-6-8-10-26)42-14-13-36(35(42)45,22-24(2)3)41-25(4)43/h6-10,16-17,19,24,30-33,39H,5,11-15,18,20-23H2,1-4H3,(H,40,44)(H,41,43)/t30-,31-,32+,33-,36-/m0/s1. The quantitative estimate of drug-likeness (QED) is 0.247. The molecule has 0 spiro atoms. The Bertz CT molecular complexity index is 1310. The summed E-state index contributed by atoms with van der Waals surface area (Å²) in [6, 6.07) is 12.0. The minimum atomic E-state index is -1.06. The molecule has 0 saturated carbocycles. The normalized spacial score (nSPS) is 22.7. The van der Waals surface area contributed by atoms with E-state index in [-0.39, 0.29) is 42.2 Å². The zero-order valence-electron chi connectivity index (χ0n) is 27.6. The number of ether oxygens (including phenoxy) is 1. The number of nitrogens with one attached hydrogen (secondary N) is 3. The van der Waals surface area contributed by atoms with E-state index in [4.69, 9.17) is 4.74 Å². The summed E-state index contributed by atoms with van der Waals surface area (Å²) in [5.74, 6) is -2.04. The van der Waals surface area contributed by atoms with Crippen molar-refractivity contribution in [2.24, 2.45) is 5.92 Å². The number of nitrogens with zero attached hydrogens (tertiary/aromatic N) is 1. The van der Waals surface area contributed by atoms with Crippen LogP contribution in [-0.2, 0) is 32.0 Å². The number of amides is 3. The Labute approximate surface area is 272 Å². The van der Waals surface area contributed by atoms with Crippen molar-refractivity contribution in [3.63, 3.8) is 0 Å². The van der Waals surface area contributed by atoms with Crippen LogP contribution in [0.3, 0.4) is 0 Å². The van der Waals surface area contributed by atoms with Crippen molar-refractivity contribution in [1.29, 1.82) is 0 Å². The van der Waals surface area contributed by atoms with Gasteiger partial charge in [-0.3, -0.25) is 14.4 Å². The second-order valence-corrected chi connectivity index (χ2v) is 13.4. The van der Waals surface area contributed by atoms with Gasteiger partial charge in [-0.1, -0.05) is 51.1 Å². The summed E-state index contributed by atoms with van der Waals surface area (Å²) in [7, 11) is 0. The smallest absolute Gasteiger partial charge is 0.249 e. The van der Waals surface area contributed by atoms with Crippen molar-refractivity contribution < 1.29 is 27.9 Å². The Morgan fingerprint density at radius 3 is 2.48 bits per heavy atom. The second kappa shape index (κ2) is 16.5. The number of carbonyl (C=O) groups excluding carboxylic acids is 3. The first kappa shape index (κ1) is 35.5. The van der Waals surface area contributed by atoms with E-state index in [1.807, 2.05) is 44.2 Å². The van der Waals surface area contributed by atoms with Crippen LogP contribution in [-0.4, -0.2) is 72.1 Å². The molecule has 3 N–H and O–H groups in total. The number of halogens is 2. The zero-order chi connectivity index (χ0) is 33.3. The summed E-state index contributed by atoms with van der Waals surface area (Å²) in [5, 5.41) is 9.60. The van der Waals surface area contributed by atoms with Crippen molar-refractivity contribution in [1.82, 2.24) is 20.9 Å². The van der Waals surface area contributed by atoms with Gasteiger partial charge in [0.2, 0.25) is 17.7 Å². The molecule has 46 heavy (non-hydrogen) atoms. The van der Waals surface area contributed by atoms with Gasteiger partial charge in [0.1, 0.15) is 23.2 Å². The topological polar surface area (TPSA) is 99.8 Å². The molecule has 8 nitrogen and oxygen atoms in total. The Balaban J connectivity index is 1.58. The lowest BCUT2D eigenvalue weighted by molar-refractivity contribution is -0.143. The molecular weight excluding hydrogens is 590 g/mol. The van der Waals surface area contributed by atoms with Gasteiger partial charge in [0.05, 0.1) is 6.10 Å². The maximum atomic E-state index is 14.3. The minimum absolute atomic E-state index is 0.0419. The Kier molecular flexibility index (Phi) is 12.7. The molecule has 0 radical (unpaired) electrons. The predicted octanol–water partition coefficient (Wildman–Crippen LogP) is 4.69. The molecule has 0 aliphatic carbocycles. The van der Waals surface area contributed by atoms with E-state index in [0.29, 0.717) is 57.4 Å². The van der Waals surface area contributed by atoms with E-state index < -0.39 is 29.3 Å². The molecule has 0 unspecified atom stereocenters. The van der Waals surface area contributed by atoms with Gasteiger partial charge in [-0.05, 0) is 80.5 Å². The molecule has 2 saturated heterocycles. The highest BCUT2D eigenvalue weighted by Crippen LogP contribution is 2.32. The van der Waals surface area contributed by atoms with Crippen LogP contribution in [0.1, 0.15) is 77.3 Å². The summed E-state index contributed by atoms with van der Waals surface area (Å²) in [4.78, 5) is 42.3. The molecule has 10 heteroatoms. The minimum Gasteiger partial charge on any atom is -0.377 e. The third-order valence-corrected chi connectivity index (χ3v) is 8.91. The highest BCUT2D eigenvalue weighted by Gasteiger charge is 2.50. The van der Waals surface area contributed by atoms with Gasteiger partial charge in [0, 0.05) is 44.8 Å². The molecule has 3 amide bonds. The first-order chi connectivity index (χ1) is 22.0. The van der Waals surface area contributed by atoms with Crippen LogP contribution in [0.5, 0.6) is 0 Å². The van der Waals surface area contributed by atoms with Gasteiger partial charge in [0.15, 0.2) is 0 Å². The molecule has 2 aromatic carbocycles. The summed E-state index contributed by atoms with van der Waals surface area (Å²) in [6.45, 7) is 9.19. The maximum Gasteiger partial charge on any atom is 0.249 e. The molecule has 252 valence electrons. The number of hydrogen-bond donors (Lipinski definition) is 3. The van der Waals surface area contributed by atoms with E-state index >= 15 is 0 Å². The molecule has 2 fully saturated rings. The van der Waals surface area contributed by atoms with Crippen LogP contribution in [0.15, 0.2) is 48.5 Å². The Morgan fingerprint density at radius 1 is 1.11 bits per heavy atom. The van der Waals surface area contributed by atoms with Crippen molar-refractivity contribution in [3.8, 4) is 0 Å². The number of rotatable bonds is 16. The van der Waals surface area contributed by atoms with Gasteiger partial charge < -0.3 is 25.6 Å². The largest absolute Gasteiger partial charge is 0.377 e. The number of benzene rings is 2. The van der Waals surface area contributed by atoms with E-state index in [9.17, 15) is 23.2 Å². The van der Waals surface area contributed by atoms with Crippen molar-refractivity contribution >= 4 is 17.7 Å². The maximum absolute atomic E-state index is 14.3. The van der Waals surface area contributed by atoms with Crippen LogP contribution in [0.2, 0.25) is 0 Å². The van der Waals surface area contributed by atoms with Crippen molar-refractivity contribution in [2.75, 3.05) is 19.7 Å². The lowest BCUT2D eigenvalue weighted by atomic mass is 9.87. The fourth-order valence-corrected chi connectivity index (χ4v) is 7.08. The average molecular weight is 641 g/mol. The molecule has 4 rings (SSSR count). The number of hydrogen-bond acceptors (Lipinski definition) is 5. The Hall–Kier alpha value is -3.37.